The van der Waals surface area contributed by atoms with Gasteiger partial charge in [0.2, 0.25) is 5.91 Å². The lowest BCUT2D eigenvalue weighted by atomic mass is 10.1. The third-order valence-corrected chi connectivity index (χ3v) is 5.07. The van der Waals surface area contributed by atoms with Crippen LogP contribution in [0, 0.1) is 19.8 Å². The van der Waals surface area contributed by atoms with Crippen LogP contribution in [0.5, 0.6) is 5.75 Å². The van der Waals surface area contributed by atoms with Gasteiger partial charge in [-0.1, -0.05) is 18.2 Å². The molecule has 0 unspecified atom stereocenters. The molecule has 2 amide bonds. The van der Waals surface area contributed by atoms with Crippen LogP contribution in [0.1, 0.15) is 31.4 Å². The Balaban J connectivity index is 1.53. The molecule has 7 nitrogen and oxygen atoms in total. The average molecular weight is 424 g/mol. The highest BCUT2D eigenvalue weighted by Crippen LogP contribution is 2.28. The minimum Gasteiger partial charge on any atom is -0.491 e. The fraction of sp³-hybridized carbons (Fsp3) is 0.375. The Morgan fingerprint density at radius 3 is 2.35 bits per heavy atom. The summed E-state index contributed by atoms with van der Waals surface area (Å²) in [5, 5.41) is 2.78. The Bertz CT molecular complexity index is 948. The molecule has 0 saturated carbocycles. The smallest absolute Gasteiger partial charge is 0.311 e. The standard InChI is InChI=1S/C24H28N2O5/c1-15(2)31-20-10-8-19(9-11-20)26-13-18(12-22(26)28)24(29)30-14-21(27)25-23-16(3)6-5-7-17(23)4/h5-11,15,18H,12-14H2,1-4H3,(H,25,27)/t18-/m1/s1. The van der Waals surface area contributed by atoms with Gasteiger partial charge in [-0.2, -0.15) is 0 Å². The van der Waals surface area contributed by atoms with E-state index in [1.165, 1.54) is 0 Å². The first kappa shape index (κ1) is 22.3. The SMILES string of the molecule is Cc1cccc(C)c1NC(=O)COC(=O)[C@@H]1CC(=O)N(c2ccc(OC(C)C)cc2)C1. The van der Waals surface area contributed by atoms with Gasteiger partial charge in [0.15, 0.2) is 6.61 Å². The second-order valence-electron chi connectivity index (χ2n) is 7.99. The molecule has 1 saturated heterocycles. The summed E-state index contributed by atoms with van der Waals surface area (Å²) in [6, 6.07) is 12.9. The largest absolute Gasteiger partial charge is 0.491 e. The van der Waals surface area contributed by atoms with Gasteiger partial charge < -0.3 is 19.7 Å². The predicted molar refractivity (Wildman–Crippen MR) is 118 cm³/mol. The molecular formula is C24H28N2O5. The third kappa shape index (κ3) is 5.63. The van der Waals surface area contributed by atoms with E-state index in [-0.39, 0.29) is 25.0 Å². The molecule has 0 aliphatic carbocycles. The molecule has 7 heteroatoms. The van der Waals surface area contributed by atoms with Gasteiger partial charge >= 0.3 is 5.97 Å². The summed E-state index contributed by atoms with van der Waals surface area (Å²) in [7, 11) is 0. The molecule has 0 radical (unpaired) electrons. The van der Waals surface area contributed by atoms with E-state index in [4.69, 9.17) is 9.47 Å². The van der Waals surface area contributed by atoms with Crippen molar-refractivity contribution in [3.63, 3.8) is 0 Å². The number of anilines is 2. The number of amides is 2. The van der Waals surface area contributed by atoms with E-state index in [0.717, 1.165) is 22.6 Å². The van der Waals surface area contributed by atoms with Crippen LogP contribution in [0.25, 0.3) is 0 Å². The number of aryl methyl sites for hydroxylation is 2. The van der Waals surface area contributed by atoms with Crippen molar-refractivity contribution >= 4 is 29.2 Å². The molecule has 3 rings (SSSR count). The van der Waals surface area contributed by atoms with E-state index < -0.39 is 24.4 Å². The highest BCUT2D eigenvalue weighted by Gasteiger charge is 2.36. The minimum atomic E-state index is -0.605. The molecule has 1 heterocycles. The zero-order chi connectivity index (χ0) is 22.5. The van der Waals surface area contributed by atoms with Crippen molar-refractivity contribution in [3.8, 4) is 5.75 Å². The number of nitrogens with one attached hydrogen (secondary N) is 1. The molecule has 1 aliphatic heterocycles. The monoisotopic (exact) mass is 424 g/mol. The van der Waals surface area contributed by atoms with Gasteiger partial charge in [-0.3, -0.25) is 14.4 Å². The summed E-state index contributed by atoms with van der Waals surface area (Å²) in [4.78, 5) is 38.6. The molecule has 2 aromatic rings. The van der Waals surface area contributed by atoms with Crippen molar-refractivity contribution in [1.29, 1.82) is 0 Å². The van der Waals surface area contributed by atoms with Gasteiger partial charge in [-0.05, 0) is 63.1 Å². The van der Waals surface area contributed by atoms with Crippen LogP contribution in [-0.4, -0.2) is 37.0 Å². The van der Waals surface area contributed by atoms with Gasteiger partial charge in [0.1, 0.15) is 5.75 Å². The van der Waals surface area contributed by atoms with Crippen molar-refractivity contribution in [2.24, 2.45) is 5.92 Å². The topological polar surface area (TPSA) is 84.9 Å². The summed E-state index contributed by atoms with van der Waals surface area (Å²) in [6.45, 7) is 7.51. The van der Waals surface area contributed by atoms with Crippen LogP contribution in [0.4, 0.5) is 11.4 Å². The maximum Gasteiger partial charge on any atom is 0.311 e. The van der Waals surface area contributed by atoms with Crippen molar-refractivity contribution in [3.05, 3.63) is 53.6 Å². The van der Waals surface area contributed by atoms with Crippen molar-refractivity contribution in [2.45, 2.75) is 40.2 Å². The fourth-order valence-electron chi connectivity index (χ4n) is 3.53. The van der Waals surface area contributed by atoms with Crippen LogP contribution in [0.3, 0.4) is 0 Å². The molecule has 31 heavy (non-hydrogen) atoms. The molecule has 164 valence electrons. The lowest BCUT2D eigenvalue weighted by molar-refractivity contribution is -0.151. The summed E-state index contributed by atoms with van der Waals surface area (Å²) >= 11 is 0. The molecule has 0 bridgehead atoms. The third-order valence-electron chi connectivity index (χ3n) is 5.07. The predicted octanol–water partition coefficient (Wildman–Crippen LogP) is 3.63. The van der Waals surface area contributed by atoms with E-state index in [2.05, 4.69) is 5.32 Å². The van der Waals surface area contributed by atoms with Gasteiger partial charge in [0, 0.05) is 24.3 Å². The molecule has 2 aromatic carbocycles. The average Bonchev–Trinajstić information content (AvgIpc) is 3.11. The maximum atomic E-state index is 12.4. The van der Waals surface area contributed by atoms with Crippen molar-refractivity contribution < 1.29 is 23.9 Å². The van der Waals surface area contributed by atoms with Crippen LogP contribution in [-0.2, 0) is 19.1 Å². The van der Waals surface area contributed by atoms with Gasteiger partial charge in [-0.25, -0.2) is 0 Å². The molecule has 0 aromatic heterocycles. The second kappa shape index (κ2) is 9.64. The summed E-state index contributed by atoms with van der Waals surface area (Å²) in [5.74, 6) is -0.997. The van der Waals surface area contributed by atoms with E-state index in [1.807, 2.05) is 45.9 Å². The number of hydrogen-bond acceptors (Lipinski definition) is 5. The van der Waals surface area contributed by atoms with Gasteiger partial charge in [-0.15, -0.1) is 0 Å². The number of hydrogen-bond donors (Lipinski definition) is 1. The first-order valence-electron chi connectivity index (χ1n) is 10.3. The van der Waals surface area contributed by atoms with E-state index >= 15 is 0 Å². The zero-order valence-electron chi connectivity index (χ0n) is 18.3. The molecule has 1 atom stereocenters. The first-order chi connectivity index (χ1) is 14.7. The second-order valence-corrected chi connectivity index (χ2v) is 7.99. The highest BCUT2D eigenvalue weighted by molar-refractivity contribution is 6.00. The zero-order valence-corrected chi connectivity index (χ0v) is 18.3. The van der Waals surface area contributed by atoms with E-state index in [9.17, 15) is 14.4 Å². The van der Waals surface area contributed by atoms with Crippen molar-refractivity contribution in [1.82, 2.24) is 0 Å². The number of carbonyl (C=O) groups is 3. The summed E-state index contributed by atoms with van der Waals surface area (Å²) < 4.78 is 10.8. The van der Waals surface area contributed by atoms with Gasteiger partial charge in [0.25, 0.3) is 5.91 Å². The number of carbonyl (C=O) groups excluding carboxylic acids is 3. The number of ether oxygens (including phenoxy) is 2. The van der Waals surface area contributed by atoms with Crippen LogP contribution in [0.15, 0.2) is 42.5 Å². The quantitative estimate of drug-likeness (QED) is 0.686. The number of rotatable bonds is 7. The molecule has 0 spiro atoms. The molecule has 1 N–H and O–H groups in total. The van der Waals surface area contributed by atoms with Gasteiger partial charge in [0.05, 0.1) is 12.0 Å². The molecular weight excluding hydrogens is 396 g/mol. The Morgan fingerprint density at radius 2 is 1.74 bits per heavy atom. The first-order valence-corrected chi connectivity index (χ1v) is 10.3. The summed E-state index contributed by atoms with van der Waals surface area (Å²) in [5.41, 5.74) is 3.28. The van der Waals surface area contributed by atoms with E-state index in [0.29, 0.717) is 5.69 Å². The number of benzene rings is 2. The van der Waals surface area contributed by atoms with E-state index in [1.54, 1.807) is 29.2 Å². The molecule has 1 fully saturated rings. The highest BCUT2D eigenvalue weighted by atomic mass is 16.5. The normalized spacial score (nSPS) is 15.8. The lowest BCUT2D eigenvalue weighted by Gasteiger charge is -2.17. The Morgan fingerprint density at radius 1 is 1.10 bits per heavy atom. The van der Waals surface area contributed by atoms with Crippen LogP contribution in [0.2, 0.25) is 0 Å². The lowest BCUT2D eigenvalue weighted by Crippen LogP contribution is -2.28. The molecule has 1 aliphatic rings. The van der Waals surface area contributed by atoms with Crippen molar-refractivity contribution in [2.75, 3.05) is 23.4 Å². The minimum absolute atomic E-state index is 0.0571. The Kier molecular flexibility index (Phi) is 6.95. The maximum absolute atomic E-state index is 12.4. The number of esters is 1. The van der Waals surface area contributed by atoms with Crippen LogP contribution >= 0.6 is 0 Å². The Labute approximate surface area is 182 Å². The Hall–Kier alpha value is -3.35. The van der Waals surface area contributed by atoms with Crippen LogP contribution < -0.4 is 15.0 Å². The number of nitrogens with zero attached hydrogens (tertiary/aromatic N) is 1. The summed E-state index contributed by atoms with van der Waals surface area (Å²) in [6.07, 6.45) is 0.118. The fourth-order valence-corrected chi connectivity index (χ4v) is 3.53. The number of para-hydroxylation sites is 1.